The van der Waals surface area contributed by atoms with Crippen LogP contribution in [-0.2, 0) is 0 Å². The summed E-state index contributed by atoms with van der Waals surface area (Å²) in [4.78, 5) is 12.2. The van der Waals surface area contributed by atoms with Gasteiger partial charge in [-0.25, -0.2) is 0 Å². The molecule has 2 aromatic rings. The van der Waals surface area contributed by atoms with Crippen LogP contribution in [-0.4, -0.2) is 13.0 Å². The van der Waals surface area contributed by atoms with Gasteiger partial charge in [0.15, 0.2) is 0 Å². The van der Waals surface area contributed by atoms with Crippen molar-refractivity contribution in [1.82, 2.24) is 0 Å². The van der Waals surface area contributed by atoms with Crippen LogP contribution in [0.1, 0.15) is 10.4 Å². The van der Waals surface area contributed by atoms with Crippen LogP contribution >= 0.6 is 31.9 Å². The van der Waals surface area contributed by atoms with E-state index in [1.807, 2.05) is 6.07 Å². The van der Waals surface area contributed by atoms with Gasteiger partial charge in [0.05, 0.1) is 12.8 Å². The standard InChI is InChI=1S/C14H12Br2N2O2/c1-20-9-3-5-11(16)13(7-9)18-14(19)8-2-4-10(15)12(17)6-8/h2-7H,17H2,1H3,(H,18,19). The van der Waals surface area contributed by atoms with E-state index in [9.17, 15) is 4.79 Å². The van der Waals surface area contributed by atoms with E-state index in [-0.39, 0.29) is 5.91 Å². The fourth-order valence-electron chi connectivity index (χ4n) is 1.61. The molecule has 0 heterocycles. The molecule has 0 aliphatic carbocycles. The third-order valence-corrected chi connectivity index (χ3v) is 4.09. The first-order valence-electron chi connectivity index (χ1n) is 5.71. The lowest BCUT2D eigenvalue weighted by molar-refractivity contribution is 0.102. The Bertz CT molecular complexity index is 660. The van der Waals surface area contributed by atoms with E-state index in [0.717, 1.165) is 8.95 Å². The summed E-state index contributed by atoms with van der Waals surface area (Å²) in [5.41, 5.74) is 7.41. The van der Waals surface area contributed by atoms with Gasteiger partial charge in [0.25, 0.3) is 5.91 Å². The SMILES string of the molecule is COc1ccc(Br)c(NC(=O)c2ccc(Br)c(N)c2)c1. The Hall–Kier alpha value is -1.53. The monoisotopic (exact) mass is 398 g/mol. The predicted octanol–water partition coefficient (Wildman–Crippen LogP) is 4.05. The van der Waals surface area contributed by atoms with E-state index >= 15 is 0 Å². The smallest absolute Gasteiger partial charge is 0.255 e. The second-order valence-electron chi connectivity index (χ2n) is 4.04. The number of amides is 1. The maximum absolute atomic E-state index is 12.2. The first-order valence-corrected chi connectivity index (χ1v) is 7.30. The quantitative estimate of drug-likeness (QED) is 0.765. The molecule has 2 rings (SSSR count). The van der Waals surface area contributed by atoms with E-state index < -0.39 is 0 Å². The molecule has 0 atom stereocenters. The second-order valence-corrected chi connectivity index (χ2v) is 5.74. The zero-order valence-corrected chi connectivity index (χ0v) is 13.8. The van der Waals surface area contributed by atoms with Gasteiger partial charge in [-0.1, -0.05) is 0 Å². The largest absolute Gasteiger partial charge is 0.497 e. The summed E-state index contributed by atoms with van der Waals surface area (Å²) in [7, 11) is 1.57. The number of hydrogen-bond acceptors (Lipinski definition) is 3. The highest BCUT2D eigenvalue weighted by molar-refractivity contribution is 9.11. The van der Waals surface area contributed by atoms with E-state index in [4.69, 9.17) is 10.5 Å². The third kappa shape index (κ3) is 3.32. The fraction of sp³-hybridized carbons (Fsp3) is 0.0714. The summed E-state index contributed by atoms with van der Waals surface area (Å²) in [6.45, 7) is 0. The van der Waals surface area contributed by atoms with Gasteiger partial charge in [0.2, 0.25) is 0 Å². The van der Waals surface area contributed by atoms with Crippen LogP contribution in [0.4, 0.5) is 11.4 Å². The Labute approximate surface area is 133 Å². The summed E-state index contributed by atoms with van der Waals surface area (Å²) in [6, 6.07) is 10.4. The van der Waals surface area contributed by atoms with Crippen molar-refractivity contribution in [3.8, 4) is 5.75 Å². The zero-order chi connectivity index (χ0) is 14.7. The average molecular weight is 400 g/mol. The van der Waals surface area contributed by atoms with Crippen LogP contribution in [0.3, 0.4) is 0 Å². The Kier molecular flexibility index (Phi) is 4.67. The van der Waals surface area contributed by atoms with Crippen molar-refractivity contribution in [2.45, 2.75) is 0 Å². The Morgan fingerprint density at radius 1 is 1.15 bits per heavy atom. The number of hydrogen-bond donors (Lipinski definition) is 2. The number of halogens is 2. The molecule has 4 nitrogen and oxygen atoms in total. The molecule has 0 bridgehead atoms. The molecule has 104 valence electrons. The number of ether oxygens (including phenoxy) is 1. The van der Waals surface area contributed by atoms with Crippen LogP contribution in [0.5, 0.6) is 5.75 Å². The van der Waals surface area contributed by atoms with Gasteiger partial charge in [-0.2, -0.15) is 0 Å². The molecular weight excluding hydrogens is 388 g/mol. The molecule has 0 spiro atoms. The van der Waals surface area contributed by atoms with Crippen molar-refractivity contribution in [1.29, 1.82) is 0 Å². The summed E-state index contributed by atoms with van der Waals surface area (Å²) >= 11 is 6.68. The molecular formula is C14H12Br2N2O2. The Morgan fingerprint density at radius 2 is 1.85 bits per heavy atom. The number of rotatable bonds is 3. The van der Waals surface area contributed by atoms with Gasteiger partial charge in [-0.15, -0.1) is 0 Å². The minimum atomic E-state index is -0.238. The molecule has 3 N–H and O–H groups in total. The van der Waals surface area contributed by atoms with Crippen molar-refractivity contribution in [2.75, 3.05) is 18.2 Å². The van der Waals surface area contributed by atoms with Gasteiger partial charge >= 0.3 is 0 Å². The van der Waals surface area contributed by atoms with Gasteiger partial charge in [-0.05, 0) is 62.2 Å². The molecule has 0 radical (unpaired) electrons. The van der Waals surface area contributed by atoms with Gasteiger partial charge in [0.1, 0.15) is 5.75 Å². The number of carbonyl (C=O) groups is 1. The van der Waals surface area contributed by atoms with Crippen molar-refractivity contribution < 1.29 is 9.53 Å². The minimum Gasteiger partial charge on any atom is -0.497 e. The molecule has 1 amide bonds. The number of anilines is 2. The van der Waals surface area contributed by atoms with E-state index in [1.165, 1.54) is 0 Å². The number of carbonyl (C=O) groups excluding carboxylic acids is 1. The molecule has 20 heavy (non-hydrogen) atoms. The molecule has 2 aromatic carbocycles. The molecule has 0 unspecified atom stereocenters. The van der Waals surface area contributed by atoms with Gasteiger partial charge in [-0.3, -0.25) is 4.79 Å². The van der Waals surface area contributed by atoms with Crippen molar-refractivity contribution in [3.05, 3.63) is 50.9 Å². The van der Waals surface area contributed by atoms with E-state index in [0.29, 0.717) is 22.7 Å². The van der Waals surface area contributed by atoms with Crippen LogP contribution in [0.25, 0.3) is 0 Å². The summed E-state index contributed by atoms with van der Waals surface area (Å²) in [6.07, 6.45) is 0. The van der Waals surface area contributed by atoms with E-state index in [2.05, 4.69) is 37.2 Å². The van der Waals surface area contributed by atoms with E-state index in [1.54, 1.807) is 37.4 Å². The molecule has 0 aromatic heterocycles. The number of nitrogens with two attached hydrogens (primary N) is 1. The number of nitrogens with one attached hydrogen (secondary N) is 1. The van der Waals surface area contributed by atoms with Crippen LogP contribution < -0.4 is 15.8 Å². The highest BCUT2D eigenvalue weighted by Gasteiger charge is 2.10. The van der Waals surface area contributed by atoms with Crippen molar-refractivity contribution >= 4 is 49.1 Å². The Balaban J connectivity index is 2.25. The first-order chi connectivity index (χ1) is 9.51. The summed E-state index contributed by atoms with van der Waals surface area (Å²) in [5, 5.41) is 2.81. The summed E-state index contributed by atoms with van der Waals surface area (Å²) in [5.74, 6) is 0.428. The van der Waals surface area contributed by atoms with Crippen molar-refractivity contribution in [2.24, 2.45) is 0 Å². The normalized spacial score (nSPS) is 10.2. The molecule has 0 aliphatic rings. The zero-order valence-electron chi connectivity index (χ0n) is 10.6. The number of nitrogen functional groups attached to an aromatic ring is 1. The molecule has 0 fully saturated rings. The van der Waals surface area contributed by atoms with Crippen LogP contribution in [0.2, 0.25) is 0 Å². The lowest BCUT2D eigenvalue weighted by atomic mass is 10.2. The summed E-state index contributed by atoms with van der Waals surface area (Å²) < 4.78 is 6.67. The van der Waals surface area contributed by atoms with Crippen molar-refractivity contribution in [3.63, 3.8) is 0 Å². The van der Waals surface area contributed by atoms with Gasteiger partial charge in [0, 0.05) is 26.3 Å². The first kappa shape index (κ1) is 14.9. The number of methoxy groups -OCH3 is 1. The molecule has 0 saturated carbocycles. The molecule has 6 heteroatoms. The molecule has 0 aliphatic heterocycles. The average Bonchev–Trinajstić information content (AvgIpc) is 2.44. The highest BCUT2D eigenvalue weighted by atomic mass is 79.9. The fourth-order valence-corrected chi connectivity index (χ4v) is 2.20. The third-order valence-electron chi connectivity index (χ3n) is 2.68. The molecule has 0 saturated heterocycles. The number of benzene rings is 2. The highest BCUT2D eigenvalue weighted by Crippen LogP contribution is 2.28. The maximum atomic E-state index is 12.2. The topological polar surface area (TPSA) is 64.3 Å². The Morgan fingerprint density at radius 3 is 2.50 bits per heavy atom. The maximum Gasteiger partial charge on any atom is 0.255 e. The lowest BCUT2D eigenvalue weighted by Gasteiger charge is -2.10. The lowest BCUT2D eigenvalue weighted by Crippen LogP contribution is -2.12. The van der Waals surface area contributed by atoms with Crippen LogP contribution in [0.15, 0.2) is 45.3 Å². The second kappa shape index (κ2) is 6.28. The van der Waals surface area contributed by atoms with Gasteiger partial charge < -0.3 is 15.8 Å². The van der Waals surface area contributed by atoms with Crippen LogP contribution in [0, 0.1) is 0 Å². The predicted molar refractivity (Wildman–Crippen MR) is 87.2 cm³/mol. The minimum absolute atomic E-state index is 0.238.